The third kappa shape index (κ3) is 4.56. The first-order valence-electron chi connectivity index (χ1n) is 9.36. The number of anilines is 1. The van der Waals surface area contributed by atoms with Crippen molar-refractivity contribution < 1.29 is 13.2 Å². The first kappa shape index (κ1) is 21.3. The van der Waals surface area contributed by atoms with Gasteiger partial charge >= 0.3 is 0 Å². The maximum absolute atomic E-state index is 12.5. The van der Waals surface area contributed by atoms with Gasteiger partial charge in [0.1, 0.15) is 4.99 Å². The van der Waals surface area contributed by atoms with Crippen molar-refractivity contribution in [3.05, 3.63) is 101 Å². The number of fused-ring (bicyclic) bond motifs is 1. The Labute approximate surface area is 188 Å². The minimum atomic E-state index is -4.05. The van der Waals surface area contributed by atoms with Gasteiger partial charge in [0.05, 0.1) is 15.8 Å². The second kappa shape index (κ2) is 8.69. The molecule has 0 aliphatic carbocycles. The Bertz CT molecular complexity index is 1480. The number of aromatic nitrogens is 2. The molecule has 1 heterocycles. The zero-order chi connectivity index (χ0) is 22.7. The first-order valence-corrected chi connectivity index (χ1v) is 11.3. The van der Waals surface area contributed by atoms with Gasteiger partial charge in [-0.1, -0.05) is 42.5 Å². The van der Waals surface area contributed by atoms with Gasteiger partial charge in [-0.2, -0.15) is 0 Å². The Morgan fingerprint density at radius 3 is 2.28 bits per heavy atom. The number of sulfonamides is 1. The standard InChI is InChI=1S/C22H16N4O4S2/c27-20(14-6-2-1-3-7-14)26-32(29,30)16-12-10-15(11-13-16)23-22(31)19-24-18-9-5-4-8-17(18)21(28)25-19/h1-13H,(H,23,31)(H,26,27)(H,24,25,28). The summed E-state index contributed by atoms with van der Waals surface area (Å²) in [5.74, 6) is -0.532. The van der Waals surface area contributed by atoms with Gasteiger partial charge in [-0.25, -0.2) is 18.1 Å². The minimum Gasteiger partial charge on any atom is -0.344 e. The molecule has 0 bridgehead atoms. The Morgan fingerprint density at radius 2 is 1.56 bits per heavy atom. The van der Waals surface area contributed by atoms with Crippen LogP contribution in [-0.4, -0.2) is 29.3 Å². The minimum absolute atomic E-state index is 0.0875. The number of para-hydroxylation sites is 1. The highest BCUT2D eigenvalue weighted by molar-refractivity contribution is 7.90. The maximum atomic E-state index is 12.5. The lowest BCUT2D eigenvalue weighted by atomic mass is 10.2. The SMILES string of the molecule is O=C(NS(=O)(=O)c1ccc(NC(=S)c2nc3ccccc3c(=O)[nH]2)cc1)c1ccccc1. The molecule has 0 aliphatic heterocycles. The average molecular weight is 465 g/mol. The number of H-pyrrole nitrogens is 1. The lowest BCUT2D eigenvalue weighted by molar-refractivity contribution is 0.0981. The van der Waals surface area contributed by atoms with Crippen LogP contribution >= 0.6 is 12.2 Å². The second-order valence-electron chi connectivity index (χ2n) is 6.71. The summed E-state index contributed by atoms with van der Waals surface area (Å²) >= 11 is 5.32. The number of amides is 1. The van der Waals surface area contributed by atoms with Gasteiger partial charge in [0.25, 0.3) is 21.5 Å². The van der Waals surface area contributed by atoms with Crippen LogP contribution in [0.4, 0.5) is 5.69 Å². The van der Waals surface area contributed by atoms with Crippen molar-refractivity contribution in [2.75, 3.05) is 5.32 Å². The van der Waals surface area contributed by atoms with Crippen LogP contribution in [-0.2, 0) is 10.0 Å². The van der Waals surface area contributed by atoms with E-state index >= 15 is 0 Å². The number of hydrogen-bond acceptors (Lipinski definition) is 6. The lowest BCUT2D eigenvalue weighted by Gasteiger charge is -2.10. The van der Waals surface area contributed by atoms with E-state index in [-0.39, 0.29) is 26.8 Å². The van der Waals surface area contributed by atoms with Crippen LogP contribution in [0.15, 0.2) is 88.6 Å². The summed E-state index contributed by atoms with van der Waals surface area (Å²) in [6.45, 7) is 0. The Balaban J connectivity index is 1.49. The van der Waals surface area contributed by atoms with Crippen LogP contribution in [0.5, 0.6) is 0 Å². The van der Waals surface area contributed by atoms with Gasteiger partial charge in [0.15, 0.2) is 5.82 Å². The fourth-order valence-electron chi connectivity index (χ4n) is 2.93. The van der Waals surface area contributed by atoms with E-state index in [0.29, 0.717) is 16.6 Å². The summed E-state index contributed by atoms with van der Waals surface area (Å²) in [6, 6.07) is 20.6. The molecule has 8 nitrogen and oxygen atoms in total. The highest BCUT2D eigenvalue weighted by atomic mass is 32.2. The molecule has 0 radical (unpaired) electrons. The quantitative estimate of drug-likeness (QED) is 0.388. The molecule has 0 atom stereocenters. The molecule has 3 N–H and O–H groups in total. The van der Waals surface area contributed by atoms with Gasteiger partial charge in [-0.3, -0.25) is 9.59 Å². The molecule has 0 unspecified atom stereocenters. The number of carbonyl (C=O) groups excluding carboxylic acids is 1. The summed E-state index contributed by atoms with van der Waals surface area (Å²) in [4.78, 5) is 31.4. The van der Waals surface area contributed by atoms with Crippen LogP contribution in [0.1, 0.15) is 16.2 Å². The summed E-state index contributed by atoms with van der Waals surface area (Å²) in [5.41, 5.74) is 0.909. The van der Waals surface area contributed by atoms with E-state index in [9.17, 15) is 18.0 Å². The Kier molecular flexibility index (Phi) is 5.80. The molecule has 0 spiro atoms. The number of rotatable bonds is 5. The monoisotopic (exact) mass is 464 g/mol. The summed E-state index contributed by atoms with van der Waals surface area (Å²) in [7, 11) is -4.05. The number of hydrogen-bond donors (Lipinski definition) is 3. The zero-order valence-electron chi connectivity index (χ0n) is 16.4. The van der Waals surface area contributed by atoms with E-state index < -0.39 is 15.9 Å². The van der Waals surface area contributed by atoms with Crippen molar-refractivity contribution in [1.82, 2.24) is 14.7 Å². The largest absolute Gasteiger partial charge is 0.344 e. The number of nitrogens with one attached hydrogen (secondary N) is 3. The number of benzene rings is 3. The topological polar surface area (TPSA) is 121 Å². The average Bonchev–Trinajstić information content (AvgIpc) is 2.79. The van der Waals surface area contributed by atoms with Gasteiger partial charge in [0.2, 0.25) is 0 Å². The molecule has 0 aliphatic rings. The normalized spacial score (nSPS) is 11.1. The molecule has 0 saturated carbocycles. The zero-order valence-corrected chi connectivity index (χ0v) is 18.0. The van der Waals surface area contributed by atoms with E-state index in [2.05, 4.69) is 15.3 Å². The summed E-state index contributed by atoms with van der Waals surface area (Å²) in [6.07, 6.45) is 0. The third-order valence-corrected chi connectivity index (χ3v) is 6.16. The lowest BCUT2D eigenvalue weighted by Crippen LogP contribution is -2.30. The first-order chi connectivity index (χ1) is 15.3. The predicted octanol–water partition coefficient (Wildman–Crippen LogP) is 2.83. The van der Waals surface area contributed by atoms with Gasteiger partial charge < -0.3 is 10.3 Å². The third-order valence-electron chi connectivity index (χ3n) is 4.51. The van der Waals surface area contributed by atoms with Crippen molar-refractivity contribution in [3.8, 4) is 0 Å². The molecular formula is C22H16N4O4S2. The molecule has 1 aromatic heterocycles. The molecule has 4 rings (SSSR count). The molecule has 1 amide bonds. The van der Waals surface area contributed by atoms with E-state index in [1.807, 2.05) is 4.72 Å². The van der Waals surface area contributed by atoms with E-state index in [1.54, 1.807) is 42.5 Å². The molecule has 160 valence electrons. The van der Waals surface area contributed by atoms with Crippen molar-refractivity contribution in [3.63, 3.8) is 0 Å². The number of aromatic amines is 1. The second-order valence-corrected chi connectivity index (χ2v) is 8.80. The molecule has 10 heteroatoms. The number of thiocarbonyl (C=S) groups is 1. The summed E-state index contributed by atoms with van der Waals surface area (Å²) in [5, 5.41) is 3.36. The molecular weight excluding hydrogens is 448 g/mol. The van der Waals surface area contributed by atoms with E-state index in [1.165, 1.54) is 36.4 Å². The smallest absolute Gasteiger partial charge is 0.264 e. The number of nitrogens with zero attached hydrogens (tertiary/aromatic N) is 1. The van der Waals surface area contributed by atoms with E-state index in [0.717, 1.165) is 0 Å². The van der Waals surface area contributed by atoms with Crippen molar-refractivity contribution >= 4 is 49.7 Å². The Hall–Kier alpha value is -3.89. The maximum Gasteiger partial charge on any atom is 0.264 e. The van der Waals surface area contributed by atoms with Crippen molar-refractivity contribution in [1.29, 1.82) is 0 Å². The molecule has 0 fully saturated rings. The summed E-state index contributed by atoms with van der Waals surface area (Å²) < 4.78 is 27.0. The molecule has 0 saturated heterocycles. The van der Waals surface area contributed by atoms with Crippen LogP contribution in [0, 0.1) is 0 Å². The predicted molar refractivity (Wildman–Crippen MR) is 125 cm³/mol. The van der Waals surface area contributed by atoms with Crippen molar-refractivity contribution in [2.45, 2.75) is 4.90 Å². The van der Waals surface area contributed by atoms with E-state index in [4.69, 9.17) is 12.2 Å². The molecule has 3 aromatic carbocycles. The Morgan fingerprint density at radius 1 is 0.906 bits per heavy atom. The number of carbonyl (C=O) groups is 1. The van der Waals surface area contributed by atoms with Crippen LogP contribution in [0.2, 0.25) is 0 Å². The van der Waals surface area contributed by atoms with Gasteiger partial charge in [0, 0.05) is 11.3 Å². The van der Waals surface area contributed by atoms with Crippen LogP contribution in [0.25, 0.3) is 10.9 Å². The molecule has 4 aromatic rings. The molecule has 32 heavy (non-hydrogen) atoms. The van der Waals surface area contributed by atoms with Gasteiger partial charge in [-0.05, 0) is 48.5 Å². The highest BCUT2D eigenvalue weighted by Gasteiger charge is 2.18. The fourth-order valence-corrected chi connectivity index (χ4v) is 4.12. The highest BCUT2D eigenvalue weighted by Crippen LogP contribution is 2.16. The van der Waals surface area contributed by atoms with Crippen molar-refractivity contribution in [2.24, 2.45) is 0 Å². The van der Waals surface area contributed by atoms with Gasteiger partial charge in [-0.15, -0.1) is 0 Å². The van der Waals surface area contributed by atoms with Crippen LogP contribution in [0.3, 0.4) is 0 Å². The van der Waals surface area contributed by atoms with Crippen LogP contribution < -0.4 is 15.6 Å². The fraction of sp³-hybridized carbons (Fsp3) is 0.